The quantitative estimate of drug-likeness (QED) is 0.722. The highest BCUT2D eigenvalue weighted by Crippen LogP contribution is 2.35. The van der Waals surface area contributed by atoms with Crippen molar-refractivity contribution in [1.29, 1.82) is 0 Å². The van der Waals surface area contributed by atoms with Crippen LogP contribution in [0.15, 0.2) is 60.2 Å². The van der Waals surface area contributed by atoms with Gasteiger partial charge in [-0.3, -0.25) is 9.48 Å². The number of amides is 1. The molecule has 5 heteroatoms. The molecule has 1 atom stereocenters. The van der Waals surface area contributed by atoms with E-state index in [4.69, 9.17) is 0 Å². The predicted octanol–water partition coefficient (Wildman–Crippen LogP) is 3.97. The first-order chi connectivity index (χ1) is 11.8. The molecule has 1 saturated heterocycles. The van der Waals surface area contributed by atoms with Crippen LogP contribution < -0.4 is 0 Å². The van der Waals surface area contributed by atoms with Crippen LogP contribution in [0.4, 0.5) is 0 Å². The lowest BCUT2D eigenvalue weighted by molar-refractivity contribution is 0.0738. The Morgan fingerprint density at radius 2 is 2.08 bits per heavy atom. The fourth-order valence-corrected chi connectivity index (χ4v) is 4.16. The lowest BCUT2D eigenvalue weighted by Crippen LogP contribution is -2.30. The van der Waals surface area contributed by atoms with Gasteiger partial charge in [-0.05, 0) is 48.1 Å². The van der Waals surface area contributed by atoms with Crippen LogP contribution in [0.25, 0.3) is 0 Å². The Morgan fingerprint density at radius 3 is 2.79 bits per heavy atom. The Kier molecular flexibility index (Phi) is 4.17. The molecule has 4 nitrogen and oxygen atoms in total. The summed E-state index contributed by atoms with van der Waals surface area (Å²) in [5.74, 6) is 0.136. The van der Waals surface area contributed by atoms with Crippen molar-refractivity contribution in [3.05, 3.63) is 76.2 Å². The fraction of sp³-hybridized carbons (Fsp3) is 0.263. The van der Waals surface area contributed by atoms with Crippen LogP contribution in [-0.4, -0.2) is 27.1 Å². The van der Waals surface area contributed by atoms with E-state index in [9.17, 15) is 4.79 Å². The van der Waals surface area contributed by atoms with Gasteiger partial charge >= 0.3 is 0 Å². The number of carbonyl (C=O) groups is 1. The van der Waals surface area contributed by atoms with E-state index in [1.165, 1.54) is 4.88 Å². The van der Waals surface area contributed by atoms with Crippen molar-refractivity contribution in [2.45, 2.75) is 25.4 Å². The smallest absolute Gasteiger partial charge is 0.254 e. The molecule has 3 heterocycles. The van der Waals surface area contributed by atoms with E-state index in [1.54, 1.807) is 17.5 Å². The van der Waals surface area contributed by atoms with Crippen molar-refractivity contribution < 1.29 is 4.79 Å². The Balaban J connectivity index is 1.49. The van der Waals surface area contributed by atoms with Gasteiger partial charge in [-0.2, -0.15) is 5.10 Å². The summed E-state index contributed by atoms with van der Waals surface area (Å²) >= 11 is 1.74. The van der Waals surface area contributed by atoms with E-state index in [0.29, 0.717) is 0 Å². The van der Waals surface area contributed by atoms with Crippen molar-refractivity contribution in [2.75, 3.05) is 6.54 Å². The highest BCUT2D eigenvalue weighted by molar-refractivity contribution is 7.10. The van der Waals surface area contributed by atoms with E-state index >= 15 is 0 Å². The summed E-state index contributed by atoms with van der Waals surface area (Å²) in [6.45, 7) is 1.57. The third-order valence-corrected chi connectivity index (χ3v) is 5.46. The fourth-order valence-electron chi connectivity index (χ4n) is 3.29. The van der Waals surface area contributed by atoms with Crippen molar-refractivity contribution >= 4 is 17.2 Å². The number of hydrogen-bond donors (Lipinski definition) is 0. The average molecular weight is 337 g/mol. The largest absolute Gasteiger partial charge is 0.331 e. The third-order valence-electron chi connectivity index (χ3n) is 4.49. The molecule has 0 bridgehead atoms. The molecule has 1 amide bonds. The monoisotopic (exact) mass is 337 g/mol. The molecule has 0 aliphatic carbocycles. The molecule has 1 aliphatic heterocycles. The highest BCUT2D eigenvalue weighted by Gasteiger charge is 2.31. The van der Waals surface area contributed by atoms with Gasteiger partial charge in [0, 0.05) is 29.4 Å². The molecule has 122 valence electrons. The Morgan fingerprint density at radius 1 is 1.21 bits per heavy atom. The molecule has 0 saturated carbocycles. The van der Waals surface area contributed by atoms with Gasteiger partial charge in [-0.15, -0.1) is 11.3 Å². The summed E-state index contributed by atoms with van der Waals surface area (Å²) in [5.41, 5.74) is 1.91. The molecule has 1 fully saturated rings. The summed E-state index contributed by atoms with van der Waals surface area (Å²) in [5, 5.41) is 6.30. The minimum atomic E-state index is 0.136. The Labute approximate surface area is 145 Å². The maximum absolute atomic E-state index is 12.9. The van der Waals surface area contributed by atoms with Crippen molar-refractivity contribution in [1.82, 2.24) is 14.7 Å². The lowest BCUT2D eigenvalue weighted by atomic mass is 10.1. The van der Waals surface area contributed by atoms with Crippen LogP contribution in [0.3, 0.4) is 0 Å². The molecular weight excluding hydrogens is 318 g/mol. The standard InChI is InChI=1S/C19H19N3OS/c23-19(22-12-1-4-17(22)18-5-2-13-24-18)16-8-6-15(7-9-16)14-21-11-3-10-20-21/h2-3,5-11,13,17H,1,4,12,14H2. The first kappa shape index (κ1) is 15.1. The second kappa shape index (κ2) is 6.61. The second-order valence-corrected chi connectivity index (χ2v) is 7.05. The molecule has 0 N–H and O–H groups in total. The zero-order chi connectivity index (χ0) is 16.4. The maximum Gasteiger partial charge on any atom is 0.254 e. The van der Waals surface area contributed by atoms with E-state index in [-0.39, 0.29) is 11.9 Å². The van der Waals surface area contributed by atoms with Gasteiger partial charge in [0.15, 0.2) is 0 Å². The summed E-state index contributed by atoms with van der Waals surface area (Å²) in [4.78, 5) is 16.2. The van der Waals surface area contributed by atoms with E-state index in [0.717, 1.165) is 37.1 Å². The molecule has 3 aromatic rings. The second-order valence-electron chi connectivity index (χ2n) is 6.07. The Bertz CT molecular complexity index is 794. The number of thiophene rings is 1. The van der Waals surface area contributed by atoms with Crippen LogP contribution in [0.1, 0.15) is 39.7 Å². The van der Waals surface area contributed by atoms with Crippen LogP contribution in [-0.2, 0) is 6.54 Å². The number of carbonyl (C=O) groups excluding carboxylic acids is 1. The minimum Gasteiger partial charge on any atom is -0.331 e. The van der Waals surface area contributed by atoms with Crippen molar-refractivity contribution in [3.63, 3.8) is 0 Å². The zero-order valence-corrected chi connectivity index (χ0v) is 14.2. The van der Waals surface area contributed by atoms with Crippen LogP contribution in [0.2, 0.25) is 0 Å². The number of nitrogens with zero attached hydrogens (tertiary/aromatic N) is 3. The average Bonchev–Trinajstić information content (AvgIpc) is 3.36. The Hall–Kier alpha value is -2.40. The van der Waals surface area contributed by atoms with E-state index < -0.39 is 0 Å². The van der Waals surface area contributed by atoms with Gasteiger partial charge in [0.25, 0.3) is 5.91 Å². The molecule has 1 aromatic carbocycles. The maximum atomic E-state index is 12.9. The minimum absolute atomic E-state index is 0.136. The normalized spacial score (nSPS) is 17.3. The van der Waals surface area contributed by atoms with Crippen LogP contribution in [0, 0.1) is 0 Å². The molecule has 2 aromatic heterocycles. The lowest BCUT2D eigenvalue weighted by Gasteiger charge is -2.24. The molecule has 0 radical (unpaired) electrons. The topological polar surface area (TPSA) is 38.1 Å². The van der Waals surface area contributed by atoms with Crippen molar-refractivity contribution in [3.8, 4) is 0 Å². The number of likely N-dealkylation sites (tertiary alicyclic amines) is 1. The first-order valence-electron chi connectivity index (χ1n) is 8.22. The molecular formula is C19H19N3OS. The van der Waals surface area contributed by atoms with E-state index in [1.807, 2.05) is 46.1 Å². The molecule has 1 unspecified atom stereocenters. The van der Waals surface area contributed by atoms with Gasteiger partial charge in [0.05, 0.1) is 12.6 Å². The van der Waals surface area contributed by atoms with Crippen molar-refractivity contribution in [2.24, 2.45) is 0 Å². The highest BCUT2D eigenvalue weighted by atomic mass is 32.1. The summed E-state index contributed by atoms with van der Waals surface area (Å²) in [6.07, 6.45) is 5.85. The summed E-state index contributed by atoms with van der Waals surface area (Å²) in [7, 11) is 0. The first-order valence-corrected chi connectivity index (χ1v) is 9.10. The third kappa shape index (κ3) is 2.99. The van der Waals surface area contributed by atoms with Gasteiger partial charge in [0.1, 0.15) is 0 Å². The van der Waals surface area contributed by atoms with E-state index in [2.05, 4.69) is 22.6 Å². The molecule has 0 spiro atoms. The van der Waals surface area contributed by atoms with Gasteiger partial charge in [-0.1, -0.05) is 18.2 Å². The summed E-state index contributed by atoms with van der Waals surface area (Å²) in [6, 6.07) is 14.3. The van der Waals surface area contributed by atoms with Gasteiger partial charge < -0.3 is 4.90 Å². The van der Waals surface area contributed by atoms with Gasteiger partial charge in [-0.25, -0.2) is 0 Å². The number of rotatable bonds is 4. The number of benzene rings is 1. The van der Waals surface area contributed by atoms with Crippen LogP contribution >= 0.6 is 11.3 Å². The van der Waals surface area contributed by atoms with Gasteiger partial charge in [0.2, 0.25) is 0 Å². The predicted molar refractivity (Wildman–Crippen MR) is 95.1 cm³/mol. The molecule has 24 heavy (non-hydrogen) atoms. The zero-order valence-electron chi connectivity index (χ0n) is 13.3. The summed E-state index contributed by atoms with van der Waals surface area (Å²) < 4.78 is 1.88. The molecule has 1 aliphatic rings. The molecule has 4 rings (SSSR count). The number of hydrogen-bond acceptors (Lipinski definition) is 3. The number of aromatic nitrogens is 2. The van der Waals surface area contributed by atoms with Crippen LogP contribution in [0.5, 0.6) is 0 Å². The SMILES string of the molecule is O=C(c1ccc(Cn2cccn2)cc1)N1CCCC1c1cccs1.